The molecule has 0 amide bonds. The SMILES string of the molecule is CC1(C)CCC(C)(C)C(Br)C(=O)C(Br)C(C)(C)CCC(C)(C)C(Br)C(=O)C1Br. The van der Waals surface area contributed by atoms with Gasteiger partial charge in [0.15, 0.2) is 11.6 Å². The van der Waals surface area contributed by atoms with Crippen molar-refractivity contribution in [1.29, 1.82) is 0 Å². The molecule has 0 aromatic rings. The normalized spacial score (nSPS) is 36.6. The van der Waals surface area contributed by atoms with Gasteiger partial charge in [-0.2, -0.15) is 0 Å². The summed E-state index contributed by atoms with van der Waals surface area (Å²) in [5.74, 6) is 0.425. The molecule has 1 fully saturated rings. The van der Waals surface area contributed by atoms with Crippen LogP contribution in [0.2, 0.25) is 0 Å². The number of hydrogen-bond acceptors (Lipinski definition) is 2. The molecule has 0 radical (unpaired) electrons. The van der Waals surface area contributed by atoms with Crippen molar-refractivity contribution >= 4 is 75.3 Å². The number of carbonyl (C=O) groups is 2. The monoisotopic (exact) mass is 648 g/mol. The molecule has 1 saturated carbocycles. The Morgan fingerprint density at radius 3 is 0.786 bits per heavy atom. The smallest absolute Gasteiger partial charge is 0.161 e. The average molecular weight is 652 g/mol. The maximum atomic E-state index is 13.3. The van der Waals surface area contributed by atoms with E-state index in [-0.39, 0.29) is 52.5 Å². The van der Waals surface area contributed by atoms with E-state index in [0.717, 1.165) is 25.7 Å². The van der Waals surface area contributed by atoms with Crippen molar-refractivity contribution in [2.45, 2.75) is 100 Å². The fourth-order valence-corrected chi connectivity index (χ4v) is 6.28. The number of rotatable bonds is 0. The van der Waals surface area contributed by atoms with E-state index < -0.39 is 0 Å². The molecular weight excluding hydrogens is 616 g/mol. The van der Waals surface area contributed by atoms with E-state index in [0.29, 0.717) is 0 Å². The molecule has 1 aliphatic carbocycles. The predicted molar refractivity (Wildman–Crippen MR) is 134 cm³/mol. The molecule has 4 unspecified atom stereocenters. The lowest BCUT2D eigenvalue weighted by atomic mass is 9.69. The van der Waals surface area contributed by atoms with E-state index >= 15 is 0 Å². The van der Waals surface area contributed by atoms with Gasteiger partial charge in [0, 0.05) is 0 Å². The summed E-state index contributed by atoms with van der Waals surface area (Å²) >= 11 is 14.9. The van der Waals surface area contributed by atoms with E-state index in [2.05, 4.69) is 119 Å². The summed E-state index contributed by atoms with van der Waals surface area (Å²) < 4.78 is 0. The molecule has 164 valence electrons. The van der Waals surface area contributed by atoms with Crippen LogP contribution in [0.4, 0.5) is 0 Å². The summed E-state index contributed by atoms with van der Waals surface area (Å²) in [6.07, 6.45) is 3.42. The van der Waals surface area contributed by atoms with Gasteiger partial charge in [-0.15, -0.1) is 0 Å². The van der Waals surface area contributed by atoms with E-state index in [4.69, 9.17) is 0 Å². The van der Waals surface area contributed by atoms with Gasteiger partial charge in [-0.3, -0.25) is 9.59 Å². The summed E-state index contributed by atoms with van der Waals surface area (Å²) in [5.41, 5.74) is -0.820. The first-order valence-electron chi connectivity index (χ1n) is 10.0. The van der Waals surface area contributed by atoms with Crippen LogP contribution in [0.1, 0.15) is 81.1 Å². The van der Waals surface area contributed by atoms with Gasteiger partial charge in [0.25, 0.3) is 0 Å². The van der Waals surface area contributed by atoms with E-state index in [1.54, 1.807) is 0 Å². The minimum absolute atomic E-state index is 0.205. The Labute approximate surface area is 205 Å². The zero-order valence-corrected chi connectivity index (χ0v) is 24.8. The van der Waals surface area contributed by atoms with Crippen LogP contribution in [0.25, 0.3) is 0 Å². The molecule has 4 atom stereocenters. The molecule has 0 spiro atoms. The predicted octanol–water partition coefficient (Wildman–Crippen LogP) is 7.86. The topological polar surface area (TPSA) is 34.1 Å². The average Bonchev–Trinajstić information content (AvgIpc) is 2.60. The van der Waals surface area contributed by atoms with Gasteiger partial charge in [0.1, 0.15) is 0 Å². The van der Waals surface area contributed by atoms with E-state index in [9.17, 15) is 9.59 Å². The Morgan fingerprint density at radius 1 is 0.500 bits per heavy atom. The lowest BCUT2D eigenvalue weighted by Gasteiger charge is -2.42. The van der Waals surface area contributed by atoms with Gasteiger partial charge in [-0.25, -0.2) is 0 Å². The molecule has 0 N–H and O–H groups in total. The quantitative estimate of drug-likeness (QED) is 0.250. The lowest BCUT2D eigenvalue weighted by Crippen LogP contribution is -2.46. The fraction of sp³-hybridized carbons (Fsp3) is 0.909. The number of halogens is 4. The van der Waals surface area contributed by atoms with Gasteiger partial charge < -0.3 is 0 Å². The second-order valence-corrected chi connectivity index (χ2v) is 14.9. The molecule has 0 saturated heterocycles. The summed E-state index contributed by atoms with van der Waals surface area (Å²) in [6, 6.07) is 0. The van der Waals surface area contributed by atoms with Gasteiger partial charge in [0.2, 0.25) is 0 Å². The Balaban J connectivity index is 3.37. The molecule has 0 aromatic carbocycles. The lowest BCUT2D eigenvalue weighted by molar-refractivity contribution is -0.123. The molecule has 0 aliphatic heterocycles. The first kappa shape index (κ1) is 27.3. The summed E-state index contributed by atoms with van der Waals surface area (Å²) in [4.78, 5) is 25.6. The minimum Gasteiger partial charge on any atom is -0.297 e. The van der Waals surface area contributed by atoms with Crippen molar-refractivity contribution in [3.63, 3.8) is 0 Å². The molecular formula is C22H36Br4O2. The molecule has 0 heterocycles. The van der Waals surface area contributed by atoms with Crippen molar-refractivity contribution in [2.75, 3.05) is 0 Å². The van der Waals surface area contributed by atoms with Crippen molar-refractivity contribution in [3.05, 3.63) is 0 Å². The highest BCUT2D eigenvalue weighted by atomic mass is 79.9. The van der Waals surface area contributed by atoms with Crippen LogP contribution in [-0.4, -0.2) is 30.9 Å². The van der Waals surface area contributed by atoms with Crippen LogP contribution in [-0.2, 0) is 9.59 Å². The van der Waals surface area contributed by atoms with Crippen molar-refractivity contribution in [3.8, 4) is 0 Å². The zero-order chi connectivity index (χ0) is 22.3. The summed E-state index contributed by atoms with van der Waals surface area (Å²) in [7, 11) is 0. The first-order chi connectivity index (χ1) is 12.4. The minimum atomic E-state index is -0.233. The number of ketones is 2. The Bertz CT molecular complexity index is 495. The van der Waals surface area contributed by atoms with Gasteiger partial charge in [-0.05, 0) is 47.3 Å². The van der Waals surface area contributed by atoms with Crippen LogP contribution >= 0.6 is 63.7 Å². The van der Waals surface area contributed by atoms with E-state index in [1.807, 2.05) is 0 Å². The molecule has 2 nitrogen and oxygen atoms in total. The molecule has 0 bridgehead atoms. The molecule has 0 aromatic heterocycles. The Morgan fingerprint density at radius 2 is 0.643 bits per heavy atom. The van der Waals surface area contributed by atoms with Crippen molar-refractivity contribution in [1.82, 2.24) is 0 Å². The number of carbonyl (C=O) groups excluding carboxylic acids is 2. The van der Waals surface area contributed by atoms with Gasteiger partial charge >= 0.3 is 0 Å². The van der Waals surface area contributed by atoms with Crippen LogP contribution in [0.3, 0.4) is 0 Å². The van der Waals surface area contributed by atoms with E-state index in [1.165, 1.54) is 0 Å². The number of hydrogen-bond donors (Lipinski definition) is 0. The largest absolute Gasteiger partial charge is 0.297 e. The molecule has 1 aliphatic rings. The molecule has 6 heteroatoms. The Kier molecular flexibility index (Phi) is 9.17. The fourth-order valence-electron chi connectivity index (χ4n) is 3.59. The third-order valence-corrected chi connectivity index (χ3v) is 13.3. The second kappa shape index (κ2) is 9.40. The standard InChI is InChI=1S/C22H36Br4O2/c1-19(2)9-10-20(3,4)17(25)14(28)18(26)22(7,8)12-11-21(5,6)16(24)13(27)15(19)23/h15-18H,9-12H2,1-8H3. The van der Waals surface area contributed by atoms with Gasteiger partial charge in [0.05, 0.1) is 19.3 Å². The van der Waals surface area contributed by atoms with Gasteiger partial charge in [-0.1, -0.05) is 119 Å². The highest BCUT2D eigenvalue weighted by Crippen LogP contribution is 2.47. The molecule has 1 rings (SSSR count). The first-order valence-corrected chi connectivity index (χ1v) is 13.7. The Hall–Kier alpha value is 1.26. The highest BCUT2D eigenvalue weighted by Gasteiger charge is 2.46. The third-order valence-electron chi connectivity index (χ3n) is 6.57. The van der Waals surface area contributed by atoms with Crippen LogP contribution < -0.4 is 0 Å². The maximum absolute atomic E-state index is 13.3. The van der Waals surface area contributed by atoms with Crippen molar-refractivity contribution in [2.24, 2.45) is 21.7 Å². The van der Waals surface area contributed by atoms with Crippen molar-refractivity contribution < 1.29 is 9.59 Å². The number of Topliss-reactive ketones (excluding diaryl/α,β-unsaturated/α-hetero) is 2. The summed E-state index contributed by atoms with van der Waals surface area (Å²) in [6.45, 7) is 17.1. The summed E-state index contributed by atoms with van der Waals surface area (Å²) in [5, 5.41) is 0. The highest BCUT2D eigenvalue weighted by molar-refractivity contribution is 9.11. The second-order valence-electron chi connectivity index (χ2n) is 11.2. The van der Waals surface area contributed by atoms with Crippen LogP contribution in [0, 0.1) is 21.7 Å². The van der Waals surface area contributed by atoms with Crippen LogP contribution in [0.5, 0.6) is 0 Å². The van der Waals surface area contributed by atoms with Crippen LogP contribution in [0.15, 0.2) is 0 Å². The molecule has 28 heavy (non-hydrogen) atoms. The zero-order valence-electron chi connectivity index (χ0n) is 18.5. The third kappa shape index (κ3) is 6.16. The number of alkyl halides is 4. The maximum Gasteiger partial charge on any atom is 0.161 e.